The van der Waals surface area contributed by atoms with Gasteiger partial charge in [0.05, 0.1) is 18.8 Å². The Labute approximate surface area is 484 Å². The van der Waals surface area contributed by atoms with Crippen LogP contribution in [-0.4, -0.2) is 34.9 Å². The average Bonchev–Trinajstić information content (AvgIpc) is 3.43. The second-order valence-electron chi connectivity index (χ2n) is 24.6. The molecule has 0 aliphatic rings. The monoisotopic (exact) mass is 1080 g/mol. The smallest absolute Gasteiger partial charge is 0.220 e. The molecule has 0 spiro atoms. The van der Waals surface area contributed by atoms with Crippen LogP contribution in [-0.2, 0) is 4.79 Å². The number of hydrogen-bond donors (Lipinski definition) is 3. The summed E-state index contributed by atoms with van der Waals surface area (Å²) in [5, 5.41) is 23.2. The van der Waals surface area contributed by atoms with Crippen LogP contribution < -0.4 is 5.32 Å². The van der Waals surface area contributed by atoms with Crippen molar-refractivity contribution in [1.29, 1.82) is 0 Å². The van der Waals surface area contributed by atoms with Crippen LogP contribution in [0.1, 0.15) is 406 Å². The zero-order valence-electron chi connectivity index (χ0n) is 52.8. The highest BCUT2D eigenvalue weighted by Crippen LogP contribution is 2.19. The molecule has 0 saturated heterocycles. The number of aliphatic hydroxyl groups is 2. The van der Waals surface area contributed by atoms with Crippen molar-refractivity contribution in [1.82, 2.24) is 5.32 Å². The number of rotatable bonds is 67. The third kappa shape index (κ3) is 65.3. The molecule has 0 aliphatic carbocycles. The number of amides is 1. The molecule has 0 aromatic carbocycles. The summed E-state index contributed by atoms with van der Waals surface area (Å²) in [6, 6.07) is -0.645. The molecule has 456 valence electrons. The Morgan fingerprint density at radius 3 is 0.753 bits per heavy atom. The third-order valence-corrected chi connectivity index (χ3v) is 16.9. The van der Waals surface area contributed by atoms with E-state index in [2.05, 4.69) is 43.5 Å². The first-order valence-corrected chi connectivity index (χ1v) is 35.7. The van der Waals surface area contributed by atoms with Crippen molar-refractivity contribution in [2.45, 2.75) is 418 Å². The van der Waals surface area contributed by atoms with Gasteiger partial charge in [0.25, 0.3) is 0 Å². The predicted octanol–water partition coefficient (Wildman–Crippen LogP) is 24.3. The van der Waals surface area contributed by atoms with Crippen LogP contribution >= 0.6 is 0 Å². The first kappa shape index (κ1) is 75.6. The molecule has 4 heteroatoms. The van der Waals surface area contributed by atoms with Crippen LogP contribution in [0.3, 0.4) is 0 Å². The van der Waals surface area contributed by atoms with Gasteiger partial charge in [0.15, 0.2) is 0 Å². The fourth-order valence-electron chi connectivity index (χ4n) is 11.5. The lowest BCUT2D eigenvalue weighted by molar-refractivity contribution is -0.123. The molecule has 0 fully saturated rings. The highest BCUT2D eigenvalue weighted by molar-refractivity contribution is 5.76. The van der Waals surface area contributed by atoms with Crippen LogP contribution in [0.4, 0.5) is 0 Å². The number of nitrogens with one attached hydrogen (secondary N) is 1. The minimum absolute atomic E-state index is 0.0694. The zero-order chi connectivity index (χ0) is 55.5. The van der Waals surface area contributed by atoms with Crippen LogP contribution in [0, 0.1) is 0 Å². The molecule has 0 aliphatic heterocycles. The maximum absolute atomic E-state index is 12.5. The zero-order valence-corrected chi connectivity index (χ0v) is 52.8. The summed E-state index contributed by atoms with van der Waals surface area (Å²) in [7, 11) is 0. The van der Waals surface area contributed by atoms with Gasteiger partial charge in [-0.3, -0.25) is 4.79 Å². The maximum atomic E-state index is 12.5. The molecule has 0 rings (SSSR count). The predicted molar refractivity (Wildman–Crippen MR) is 345 cm³/mol. The molecule has 0 bridgehead atoms. The Morgan fingerprint density at radius 2 is 0.506 bits per heavy atom. The molecule has 3 N–H and O–H groups in total. The Balaban J connectivity index is 3.42. The summed E-state index contributed by atoms with van der Waals surface area (Å²) in [4.78, 5) is 12.5. The van der Waals surface area contributed by atoms with Gasteiger partial charge in [-0.05, 0) is 44.9 Å². The van der Waals surface area contributed by atoms with Gasteiger partial charge < -0.3 is 15.5 Å². The van der Waals surface area contributed by atoms with Crippen molar-refractivity contribution >= 4 is 5.91 Å². The molecule has 0 radical (unpaired) electrons. The molecule has 2 unspecified atom stereocenters. The van der Waals surface area contributed by atoms with Crippen molar-refractivity contribution < 1.29 is 15.0 Å². The molecule has 4 nitrogen and oxygen atoms in total. The molecule has 77 heavy (non-hydrogen) atoms. The number of allylic oxidation sites excluding steroid dienone is 5. The Morgan fingerprint density at radius 1 is 0.299 bits per heavy atom. The summed E-state index contributed by atoms with van der Waals surface area (Å²) < 4.78 is 0. The lowest BCUT2D eigenvalue weighted by Gasteiger charge is -2.19. The van der Waals surface area contributed by atoms with Crippen LogP contribution in [0.25, 0.3) is 0 Å². The maximum Gasteiger partial charge on any atom is 0.220 e. The van der Waals surface area contributed by atoms with Gasteiger partial charge in [-0.15, -0.1) is 0 Å². The molecule has 0 aromatic heterocycles. The summed E-state index contributed by atoms with van der Waals surface area (Å²) in [6.45, 7) is 4.34. The number of hydrogen-bond acceptors (Lipinski definition) is 3. The fourth-order valence-corrected chi connectivity index (χ4v) is 11.5. The van der Waals surface area contributed by atoms with E-state index in [0.717, 1.165) is 38.5 Å². The lowest BCUT2D eigenvalue weighted by Crippen LogP contribution is -2.45. The molecule has 0 saturated carbocycles. The van der Waals surface area contributed by atoms with Crippen LogP contribution in [0.5, 0.6) is 0 Å². The van der Waals surface area contributed by atoms with Gasteiger partial charge >= 0.3 is 0 Å². The first-order chi connectivity index (χ1) is 38.2. The van der Waals surface area contributed by atoms with Crippen LogP contribution in [0.15, 0.2) is 36.5 Å². The van der Waals surface area contributed by atoms with E-state index in [4.69, 9.17) is 0 Å². The summed E-state index contributed by atoms with van der Waals surface area (Å²) in [6.07, 6.45) is 95.4. The summed E-state index contributed by atoms with van der Waals surface area (Å²) in [5.41, 5.74) is 0. The average molecular weight is 1080 g/mol. The second-order valence-corrected chi connectivity index (χ2v) is 24.6. The summed E-state index contributed by atoms with van der Waals surface area (Å²) in [5.74, 6) is -0.0694. The van der Waals surface area contributed by atoms with E-state index in [1.165, 1.54) is 347 Å². The normalized spacial score (nSPS) is 12.8. The van der Waals surface area contributed by atoms with Crippen molar-refractivity contribution in [3.05, 3.63) is 36.5 Å². The van der Waals surface area contributed by atoms with Crippen molar-refractivity contribution in [2.75, 3.05) is 6.61 Å². The standard InChI is InChI=1S/C73H141NO3/c1-3-5-7-9-11-13-15-17-19-21-23-25-27-29-31-32-33-34-35-36-37-38-39-40-41-42-43-45-47-49-51-53-55-57-59-61-63-65-67-69-73(77)74-71(70-75)72(76)68-66-64-62-60-58-56-54-52-50-48-46-44-30-28-26-24-22-20-18-16-14-12-10-8-6-4-2/h50,52,58,60,66,68,71-72,75-76H,3-49,51,53-57,59,61-65,67,69-70H2,1-2H3,(H,74,77)/b52-50+,60-58+,68-66+. The van der Waals surface area contributed by atoms with Crippen molar-refractivity contribution in [3.63, 3.8) is 0 Å². The second kappa shape index (κ2) is 68.9. The van der Waals surface area contributed by atoms with E-state index in [1.807, 2.05) is 6.08 Å². The number of aliphatic hydroxyl groups excluding tert-OH is 2. The van der Waals surface area contributed by atoms with E-state index in [0.29, 0.717) is 6.42 Å². The SMILES string of the molecule is CCCCCCCCCCCCCCCCCC/C=C/CC/C=C/CC/C=C/C(O)C(CO)NC(=O)CCCCCCCCCCCCCCCCCCCCCCCCCCCCCCCCCCCCCCCCC. The molecule has 0 aromatic rings. The minimum atomic E-state index is -0.870. The molecule has 1 amide bonds. The van der Waals surface area contributed by atoms with Gasteiger partial charge in [0.2, 0.25) is 5.91 Å². The highest BCUT2D eigenvalue weighted by Gasteiger charge is 2.18. The highest BCUT2D eigenvalue weighted by atomic mass is 16.3. The Kier molecular flexibility index (Phi) is 67.6. The van der Waals surface area contributed by atoms with Gasteiger partial charge in [0, 0.05) is 6.42 Å². The van der Waals surface area contributed by atoms with Gasteiger partial charge in [-0.2, -0.15) is 0 Å². The van der Waals surface area contributed by atoms with Gasteiger partial charge in [0.1, 0.15) is 0 Å². The quantitative estimate of drug-likeness (QED) is 0.0420. The minimum Gasteiger partial charge on any atom is -0.394 e. The third-order valence-electron chi connectivity index (χ3n) is 16.9. The van der Waals surface area contributed by atoms with E-state index in [9.17, 15) is 15.0 Å². The molecular weight excluding hydrogens is 939 g/mol. The molecule has 0 heterocycles. The van der Waals surface area contributed by atoms with Crippen molar-refractivity contribution in [3.8, 4) is 0 Å². The summed E-state index contributed by atoms with van der Waals surface area (Å²) >= 11 is 0. The number of carbonyl (C=O) groups excluding carboxylic acids is 1. The van der Waals surface area contributed by atoms with Crippen molar-refractivity contribution in [2.24, 2.45) is 0 Å². The number of unbranched alkanes of at least 4 members (excludes halogenated alkanes) is 56. The van der Waals surface area contributed by atoms with E-state index in [-0.39, 0.29) is 12.5 Å². The van der Waals surface area contributed by atoms with E-state index in [1.54, 1.807) is 6.08 Å². The molecule has 2 atom stereocenters. The molecular formula is C73H141NO3. The Bertz CT molecular complexity index is 1180. The van der Waals surface area contributed by atoms with Gasteiger partial charge in [-0.1, -0.05) is 391 Å². The topological polar surface area (TPSA) is 69.6 Å². The fraction of sp³-hybridized carbons (Fsp3) is 0.904. The van der Waals surface area contributed by atoms with E-state index >= 15 is 0 Å². The van der Waals surface area contributed by atoms with Crippen LogP contribution in [0.2, 0.25) is 0 Å². The first-order valence-electron chi connectivity index (χ1n) is 35.7. The Hall–Kier alpha value is -1.39. The number of carbonyl (C=O) groups is 1. The van der Waals surface area contributed by atoms with E-state index < -0.39 is 12.1 Å². The largest absolute Gasteiger partial charge is 0.394 e. The van der Waals surface area contributed by atoms with Gasteiger partial charge in [-0.25, -0.2) is 0 Å². The lowest BCUT2D eigenvalue weighted by atomic mass is 10.0.